The molecule has 1 aromatic carbocycles. The molecule has 0 bridgehead atoms. The molecule has 0 N–H and O–H groups in total. The summed E-state index contributed by atoms with van der Waals surface area (Å²) in [5.41, 5.74) is 1.05. The molecule has 0 aliphatic carbocycles. The molecule has 1 amide bonds. The van der Waals surface area contributed by atoms with Crippen LogP contribution in [0.1, 0.15) is 12.5 Å². The van der Waals surface area contributed by atoms with Crippen molar-refractivity contribution in [3.8, 4) is 5.75 Å². The number of carbonyl (C=O) groups is 1. The average Bonchev–Trinajstić information content (AvgIpc) is 2.43. The largest absolute Gasteiger partial charge is 0.490 e. The molecule has 1 rings (SSSR count). The molecule has 0 saturated carbocycles. The molecule has 104 valence electrons. The third-order valence-electron chi connectivity index (χ3n) is 2.57. The minimum absolute atomic E-state index is 0.0196. The molecule has 0 heterocycles. The smallest absolute Gasteiger partial charge is 0.248 e. The molecule has 0 fully saturated rings. The second-order valence-electron chi connectivity index (χ2n) is 4.13. The number of nitrogens with zero attached hydrogens (tertiary/aromatic N) is 1. The van der Waals surface area contributed by atoms with Crippen LogP contribution < -0.4 is 4.74 Å². The summed E-state index contributed by atoms with van der Waals surface area (Å²) in [5.74, 6) is 0.778. The average molecular weight is 263 g/mol. The first-order valence-electron chi connectivity index (χ1n) is 6.31. The SMILES string of the molecule is C=CCOc1ccc(CN(C)C(=O)COCC)cc1. The lowest BCUT2D eigenvalue weighted by Gasteiger charge is -2.17. The highest BCUT2D eigenvalue weighted by Crippen LogP contribution is 2.13. The Bertz CT molecular complexity index is 400. The number of carbonyl (C=O) groups excluding carboxylic acids is 1. The number of hydrogen-bond acceptors (Lipinski definition) is 3. The molecule has 0 unspecified atom stereocenters. The van der Waals surface area contributed by atoms with E-state index in [0.717, 1.165) is 11.3 Å². The highest BCUT2D eigenvalue weighted by atomic mass is 16.5. The number of benzene rings is 1. The van der Waals surface area contributed by atoms with Gasteiger partial charge in [-0.3, -0.25) is 4.79 Å². The highest BCUT2D eigenvalue weighted by molar-refractivity contribution is 5.77. The lowest BCUT2D eigenvalue weighted by Crippen LogP contribution is -2.29. The van der Waals surface area contributed by atoms with Gasteiger partial charge in [0.25, 0.3) is 0 Å². The Labute approximate surface area is 114 Å². The van der Waals surface area contributed by atoms with E-state index < -0.39 is 0 Å². The van der Waals surface area contributed by atoms with Gasteiger partial charge in [0.15, 0.2) is 0 Å². The molecule has 4 heteroatoms. The van der Waals surface area contributed by atoms with Crippen LogP contribution in [0, 0.1) is 0 Å². The van der Waals surface area contributed by atoms with E-state index in [4.69, 9.17) is 9.47 Å². The topological polar surface area (TPSA) is 38.8 Å². The van der Waals surface area contributed by atoms with Crippen molar-refractivity contribution in [2.75, 3.05) is 26.9 Å². The standard InChI is InChI=1S/C15H21NO3/c1-4-10-19-14-8-6-13(7-9-14)11-16(3)15(17)12-18-5-2/h4,6-9H,1,5,10-12H2,2-3H3. The van der Waals surface area contributed by atoms with Gasteiger partial charge in [-0.05, 0) is 24.6 Å². The Morgan fingerprint density at radius 2 is 2.05 bits per heavy atom. The second kappa shape index (κ2) is 8.32. The van der Waals surface area contributed by atoms with Crippen molar-refractivity contribution in [1.82, 2.24) is 4.90 Å². The highest BCUT2D eigenvalue weighted by Gasteiger charge is 2.08. The van der Waals surface area contributed by atoms with E-state index in [1.165, 1.54) is 0 Å². The van der Waals surface area contributed by atoms with Crippen LogP contribution in [-0.4, -0.2) is 37.7 Å². The van der Waals surface area contributed by atoms with Crippen molar-refractivity contribution in [3.63, 3.8) is 0 Å². The summed E-state index contributed by atoms with van der Waals surface area (Å²) in [5, 5.41) is 0. The van der Waals surface area contributed by atoms with Crippen LogP contribution in [0.3, 0.4) is 0 Å². The number of amides is 1. The molecule has 0 aliphatic rings. The number of likely N-dealkylation sites (N-methyl/N-ethyl adjacent to an activating group) is 1. The molecule has 0 aromatic heterocycles. The van der Waals surface area contributed by atoms with Gasteiger partial charge in [-0.15, -0.1) is 0 Å². The van der Waals surface area contributed by atoms with Gasteiger partial charge in [-0.2, -0.15) is 0 Å². The number of ether oxygens (including phenoxy) is 2. The summed E-state index contributed by atoms with van der Waals surface area (Å²) in [6.07, 6.45) is 1.70. The summed E-state index contributed by atoms with van der Waals surface area (Å²) in [4.78, 5) is 13.3. The fraction of sp³-hybridized carbons (Fsp3) is 0.400. The first-order valence-corrected chi connectivity index (χ1v) is 6.31. The van der Waals surface area contributed by atoms with Gasteiger partial charge in [0, 0.05) is 20.2 Å². The second-order valence-corrected chi connectivity index (χ2v) is 4.13. The predicted octanol–water partition coefficient (Wildman–Crippen LogP) is 2.25. The zero-order valence-electron chi connectivity index (χ0n) is 11.6. The first kappa shape index (κ1) is 15.2. The third-order valence-corrected chi connectivity index (χ3v) is 2.57. The van der Waals surface area contributed by atoms with Crippen LogP contribution in [0.5, 0.6) is 5.75 Å². The van der Waals surface area contributed by atoms with Crippen molar-refractivity contribution < 1.29 is 14.3 Å². The molecule has 0 aliphatic heterocycles. The molecule has 0 radical (unpaired) electrons. The van der Waals surface area contributed by atoms with Crippen LogP contribution in [0.15, 0.2) is 36.9 Å². The zero-order chi connectivity index (χ0) is 14.1. The Hall–Kier alpha value is -1.81. The number of rotatable bonds is 8. The summed E-state index contributed by atoms with van der Waals surface area (Å²) < 4.78 is 10.5. The van der Waals surface area contributed by atoms with Crippen molar-refractivity contribution >= 4 is 5.91 Å². The van der Waals surface area contributed by atoms with Gasteiger partial charge in [0.1, 0.15) is 19.0 Å². The van der Waals surface area contributed by atoms with Crippen LogP contribution in [-0.2, 0) is 16.1 Å². The van der Waals surface area contributed by atoms with Gasteiger partial charge in [0.05, 0.1) is 0 Å². The van der Waals surface area contributed by atoms with Crippen molar-refractivity contribution in [1.29, 1.82) is 0 Å². The summed E-state index contributed by atoms with van der Waals surface area (Å²) in [6.45, 7) is 7.20. The van der Waals surface area contributed by atoms with E-state index in [9.17, 15) is 4.79 Å². The van der Waals surface area contributed by atoms with E-state index in [0.29, 0.717) is 19.8 Å². The minimum Gasteiger partial charge on any atom is -0.490 e. The molecule has 1 aromatic rings. The molecule has 4 nitrogen and oxygen atoms in total. The lowest BCUT2D eigenvalue weighted by molar-refractivity contribution is -0.135. The third kappa shape index (κ3) is 5.57. The summed E-state index contributed by atoms with van der Waals surface area (Å²) in [6, 6.07) is 7.67. The van der Waals surface area contributed by atoms with Gasteiger partial charge >= 0.3 is 0 Å². The van der Waals surface area contributed by atoms with E-state index in [1.54, 1.807) is 18.0 Å². The zero-order valence-corrected chi connectivity index (χ0v) is 11.6. The van der Waals surface area contributed by atoms with Crippen LogP contribution in [0.4, 0.5) is 0 Å². The maximum Gasteiger partial charge on any atom is 0.248 e. The monoisotopic (exact) mass is 263 g/mol. The van der Waals surface area contributed by atoms with Gasteiger partial charge < -0.3 is 14.4 Å². The fourth-order valence-corrected chi connectivity index (χ4v) is 1.51. The molecule has 0 atom stereocenters. The normalized spacial score (nSPS) is 10.0. The van der Waals surface area contributed by atoms with E-state index in [1.807, 2.05) is 31.2 Å². The van der Waals surface area contributed by atoms with E-state index in [2.05, 4.69) is 6.58 Å². The summed E-state index contributed by atoms with van der Waals surface area (Å²) >= 11 is 0. The fourth-order valence-electron chi connectivity index (χ4n) is 1.51. The number of hydrogen-bond donors (Lipinski definition) is 0. The molecule has 19 heavy (non-hydrogen) atoms. The Kier molecular flexibility index (Phi) is 6.68. The van der Waals surface area contributed by atoms with Crippen molar-refractivity contribution in [2.45, 2.75) is 13.5 Å². The van der Waals surface area contributed by atoms with Gasteiger partial charge in [-0.1, -0.05) is 24.8 Å². The van der Waals surface area contributed by atoms with E-state index in [-0.39, 0.29) is 12.5 Å². The van der Waals surface area contributed by atoms with Gasteiger partial charge in [-0.25, -0.2) is 0 Å². The van der Waals surface area contributed by atoms with E-state index >= 15 is 0 Å². The van der Waals surface area contributed by atoms with Crippen LogP contribution >= 0.6 is 0 Å². The quantitative estimate of drug-likeness (QED) is 0.675. The van der Waals surface area contributed by atoms with Crippen molar-refractivity contribution in [3.05, 3.63) is 42.5 Å². The maximum absolute atomic E-state index is 11.7. The Morgan fingerprint density at radius 1 is 1.37 bits per heavy atom. The Balaban J connectivity index is 2.47. The lowest BCUT2D eigenvalue weighted by atomic mass is 10.2. The molecular formula is C15H21NO3. The Morgan fingerprint density at radius 3 is 2.63 bits per heavy atom. The maximum atomic E-state index is 11.7. The predicted molar refractivity (Wildman–Crippen MR) is 75.1 cm³/mol. The first-order chi connectivity index (χ1) is 9.17. The molecular weight excluding hydrogens is 242 g/mol. The molecule has 0 spiro atoms. The molecule has 0 saturated heterocycles. The van der Waals surface area contributed by atoms with Crippen LogP contribution in [0.25, 0.3) is 0 Å². The van der Waals surface area contributed by atoms with Crippen molar-refractivity contribution in [2.24, 2.45) is 0 Å². The summed E-state index contributed by atoms with van der Waals surface area (Å²) in [7, 11) is 1.77. The van der Waals surface area contributed by atoms with Crippen LogP contribution in [0.2, 0.25) is 0 Å². The minimum atomic E-state index is -0.0196. The van der Waals surface area contributed by atoms with Gasteiger partial charge in [0.2, 0.25) is 5.91 Å².